The minimum Gasteiger partial charge on any atom is -0.357 e. The Labute approximate surface area is 138 Å². The van der Waals surface area contributed by atoms with E-state index in [0.29, 0.717) is 19.1 Å². The van der Waals surface area contributed by atoms with Gasteiger partial charge < -0.3 is 15.5 Å². The Morgan fingerprint density at radius 2 is 2.14 bits per heavy atom. The fourth-order valence-electron chi connectivity index (χ4n) is 1.75. The first-order valence-corrected chi connectivity index (χ1v) is 9.19. The molecule has 0 aromatic carbocycles. The third-order valence-corrected chi connectivity index (χ3v) is 5.05. The van der Waals surface area contributed by atoms with Gasteiger partial charge in [-0.05, 0) is 26.7 Å². The summed E-state index contributed by atoms with van der Waals surface area (Å²) in [5.41, 5.74) is 0. The zero-order chi connectivity index (χ0) is 15.9. The summed E-state index contributed by atoms with van der Waals surface area (Å²) >= 11 is 2.83. The number of thioether (sulfide) groups is 1. The molecule has 7 nitrogen and oxygen atoms in total. The standard InChI is InChI=1S/C13H21N5O2S2/c1-3-14-10(19)7-18(4-2)11(20)8-21-13-17-16-12(22-13)15-9-5-6-9/h9H,3-8H2,1-2H3,(H,14,19)(H,15,16). The number of carbonyl (C=O) groups excluding carboxylic acids is 2. The molecule has 2 N–H and O–H groups in total. The van der Waals surface area contributed by atoms with Crippen molar-refractivity contribution in [2.45, 2.75) is 37.1 Å². The molecule has 0 radical (unpaired) electrons. The number of carbonyl (C=O) groups is 2. The number of hydrogen-bond acceptors (Lipinski definition) is 7. The molecular formula is C13H21N5O2S2. The van der Waals surface area contributed by atoms with Gasteiger partial charge in [-0.15, -0.1) is 10.2 Å². The van der Waals surface area contributed by atoms with E-state index in [2.05, 4.69) is 20.8 Å². The SMILES string of the molecule is CCNC(=O)CN(CC)C(=O)CSc1nnc(NC2CC2)s1. The van der Waals surface area contributed by atoms with E-state index < -0.39 is 0 Å². The van der Waals surface area contributed by atoms with Gasteiger partial charge in [0.05, 0.1) is 12.3 Å². The van der Waals surface area contributed by atoms with Crippen molar-refractivity contribution in [3.05, 3.63) is 0 Å². The van der Waals surface area contributed by atoms with Crippen LogP contribution in [0, 0.1) is 0 Å². The van der Waals surface area contributed by atoms with Crippen molar-refractivity contribution >= 4 is 40.0 Å². The maximum Gasteiger partial charge on any atom is 0.239 e. The van der Waals surface area contributed by atoms with Crippen LogP contribution in [0.25, 0.3) is 0 Å². The number of hydrogen-bond donors (Lipinski definition) is 2. The summed E-state index contributed by atoms with van der Waals surface area (Å²) in [5.74, 6) is 0.0749. The summed E-state index contributed by atoms with van der Waals surface area (Å²) in [6.45, 7) is 4.91. The van der Waals surface area contributed by atoms with Crippen LogP contribution in [0.3, 0.4) is 0 Å². The minimum absolute atomic E-state index is 0.0642. The summed E-state index contributed by atoms with van der Waals surface area (Å²) in [5, 5.41) is 14.9. The first kappa shape index (κ1) is 17.0. The third kappa shape index (κ3) is 5.45. The quantitative estimate of drug-likeness (QED) is 0.655. The van der Waals surface area contributed by atoms with Crippen molar-refractivity contribution in [2.24, 2.45) is 0 Å². The fraction of sp³-hybridized carbons (Fsp3) is 0.692. The van der Waals surface area contributed by atoms with Gasteiger partial charge in [-0.3, -0.25) is 9.59 Å². The highest BCUT2D eigenvalue weighted by Crippen LogP contribution is 2.30. The number of likely N-dealkylation sites (N-methyl/N-ethyl adjacent to an activating group) is 2. The number of nitrogens with one attached hydrogen (secondary N) is 2. The van der Waals surface area contributed by atoms with E-state index in [4.69, 9.17) is 0 Å². The highest BCUT2D eigenvalue weighted by atomic mass is 32.2. The van der Waals surface area contributed by atoms with Gasteiger partial charge in [0.15, 0.2) is 4.34 Å². The van der Waals surface area contributed by atoms with Crippen LogP contribution >= 0.6 is 23.1 Å². The van der Waals surface area contributed by atoms with Crippen LogP contribution in [0.1, 0.15) is 26.7 Å². The fourth-order valence-corrected chi connectivity index (χ4v) is 3.48. The van der Waals surface area contributed by atoms with Crippen LogP contribution in [0.4, 0.5) is 5.13 Å². The van der Waals surface area contributed by atoms with Crippen LogP contribution in [-0.4, -0.2) is 58.3 Å². The lowest BCUT2D eigenvalue weighted by Gasteiger charge is -2.19. The first-order valence-electron chi connectivity index (χ1n) is 7.39. The number of anilines is 1. The normalized spacial score (nSPS) is 13.7. The van der Waals surface area contributed by atoms with E-state index in [9.17, 15) is 9.59 Å². The molecule has 1 fully saturated rings. The van der Waals surface area contributed by atoms with E-state index in [1.165, 1.54) is 35.9 Å². The molecule has 9 heteroatoms. The molecule has 2 rings (SSSR count). The zero-order valence-corrected chi connectivity index (χ0v) is 14.4. The number of aromatic nitrogens is 2. The Morgan fingerprint density at radius 1 is 1.36 bits per heavy atom. The molecule has 122 valence electrons. The monoisotopic (exact) mass is 343 g/mol. The summed E-state index contributed by atoms with van der Waals surface area (Å²) in [6, 6.07) is 0.542. The lowest BCUT2D eigenvalue weighted by molar-refractivity contribution is -0.133. The molecule has 0 unspecified atom stereocenters. The molecule has 1 saturated carbocycles. The first-order chi connectivity index (χ1) is 10.6. The highest BCUT2D eigenvalue weighted by molar-refractivity contribution is 8.01. The molecule has 1 heterocycles. The maximum atomic E-state index is 12.1. The molecule has 2 amide bonds. The average Bonchev–Trinajstić information content (AvgIpc) is 3.19. The largest absolute Gasteiger partial charge is 0.357 e. The predicted molar refractivity (Wildman–Crippen MR) is 88.2 cm³/mol. The Hall–Kier alpha value is -1.35. The van der Waals surface area contributed by atoms with Crippen molar-refractivity contribution in [3.63, 3.8) is 0 Å². The second-order valence-electron chi connectivity index (χ2n) is 4.94. The Bertz CT molecular complexity index is 518. The molecule has 0 aliphatic heterocycles. The van der Waals surface area contributed by atoms with E-state index in [1.54, 1.807) is 4.90 Å². The van der Waals surface area contributed by atoms with Gasteiger partial charge in [-0.25, -0.2) is 0 Å². The molecule has 0 spiro atoms. The average molecular weight is 343 g/mol. The van der Waals surface area contributed by atoms with Crippen LogP contribution in [-0.2, 0) is 9.59 Å². The van der Waals surface area contributed by atoms with Gasteiger partial charge in [0.1, 0.15) is 0 Å². The van der Waals surface area contributed by atoms with Gasteiger partial charge in [-0.2, -0.15) is 0 Å². The molecule has 1 aliphatic rings. The highest BCUT2D eigenvalue weighted by Gasteiger charge is 2.22. The Balaban J connectivity index is 1.77. The van der Waals surface area contributed by atoms with Gasteiger partial charge in [0.2, 0.25) is 16.9 Å². The smallest absolute Gasteiger partial charge is 0.239 e. The van der Waals surface area contributed by atoms with Gasteiger partial charge >= 0.3 is 0 Å². The predicted octanol–water partition coefficient (Wildman–Crippen LogP) is 1.19. The van der Waals surface area contributed by atoms with Crippen molar-refractivity contribution in [1.29, 1.82) is 0 Å². The van der Waals surface area contributed by atoms with E-state index in [0.717, 1.165) is 9.47 Å². The second-order valence-corrected chi connectivity index (χ2v) is 7.14. The molecule has 0 atom stereocenters. The minimum atomic E-state index is -0.130. The summed E-state index contributed by atoms with van der Waals surface area (Å²) < 4.78 is 0.769. The van der Waals surface area contributed by atoms with Gasteiger partial charge in [-0.1, -0.05) is 23.1 Å². The topological polar surface area (TPSA) is 87.2 Å². The van der Waals surface area contributed by atoms with Crippen LogP contribution in [0.15, 0.2) is 4.34 Å². The lowest BCUT2D eigenvalue weighted by Crippen LogP contribution is -2.41. The molecular weight excluding hydrogens is 322 g/mol. The lowest BCUT2D eigenvalue weighted by atomic mass is 10.4. The summed E-state index contributed by atoms with van der Waals surface area (Å²) in [4.78, 5) is 25.3. The van der Waals surface area contributed by atoms with Crippen LogP contribution in [0.2, 0.25) is 0 Å². The molecule has 0 bridgehead atoms. The summed E-state index contributed by atoms with van der Waals surface area (Å²) in [6.07, 6.45) is 2.37. The van der Waals surface area contributed by atoms with Crippen molar-refractivity contribution in [2.75, 3.05) is 30.7 Å². The van der Waals surface area contributed by atoms with E-state index >= 15 is 0 Å². The van der Waals surface area contributed by atoms with Crippen molar-refractivity contribution in [1.82, 2.24) is 20.4 Å². The maximum absolute atomic E-state index is 12.1. The van der Waals surface area contributed by atoms with Gasteiger partial charge in [0, 0.05) is 19.1 Å². The van der Waals surface area contributed by atoms with E-state index in [-0.39, 0.29) is 24.1 Å². The molecule has 0 saturated heterocycles. The number of nitrogens with zero attached hydrogens (tertiary/aromatic N) is 3. The Kier molecular flexibility index (Phi) is 6.44. The zero-order valence-electron chi connectivity index (χ0n) is 12.8. The van der Waals surface area contributed by atoms with Crippen LogP contribution in [0.5, 0.6) is 0 Å². The van der Waals surface area contributed by atoms with Crippen molar-refractivity contribution < 1.29 is 9.59 Å². The molecule has 22 heavy (non-hydrogen) atoms. The van der Waals surface area contributed by atoms with Crippen molar-refractivity contribution in [3.8, 4) is 0 Å². The molecule has 1 aromatic heterocycles. The number of rotatable bonds is 9. The summed E-state index contributed by atoms with van der Waals surface area (Å²) in [7, 11) is 0. The van der Waals surface area contributed by atoms with E-state index in [1.807, 2.05) is 13.8 Å². The van der Waals surface area contributed by atoms with Crippen LogP contribution < -0.4 is 10.6 Å². The molecule has 1 aliphatic carbocycles. The third-order valence-electron chi connectivity index (χ3n) is 3.07. The molecule has 1 aromatic rings. The Morgan fingerprint density at radius 3 is 2.77 bits per heavy atom. The van der Waals surface area contributed by atoms with Gasteiger partial charge in [0.25, 0.3) is 0 Å². The second kappa shape index (κ2) is 8.33. The number of amides is 2.